The summed E-state index contributed by atoms with van der Waals surface area (Å²) in [5.74, 6) is 2.60. The molecular formula is C28H39N3O11. The van der Waals surface area contributed by atoms with Crippen molar-refractivity contribution in [3.8, 4) is 0 Å². The van der Waals surface area contributed by atoms with E-state index in [4.69, 9.17) is 30.5 Å². The molecule has 0 radical (unpaired) electrons. The Morgan fingerprint density at radius 1 is 0.619 bits per heavy atom. The van der Waals surface area contributed by atoms with Gasteiger partial charge in [0.2, 0.25) is 0 Å². The summed E-state index contributed by atoms with van der Waals surface area (Å²) in [7, 11) is 4.86. The zero-order valence-electron chi connectivity index (χ0n) is 24.0. The summed E-state index contributed by atoms with van der Waals surface area (Å²) in [5, 5.41) is 18.0. The normalized spacial score (nSPS) is 13.0. The van der Waals surface area contributed by atoms with Crippen molar-refractivity contribution in [3.63, 3.8) is 0 Å². The molecule has 2 aromatic carbocycles. The highest BCUT2D eigenvalue weighted by molar-refractivity contribution is 6.21. The van der Waals surface area contributed by atoms with Crippen molar-refractivity contribution in [2.75, 3.05) is 61.0 Å². The predicted molar refractivity (Wildman–Crippen MR) is 148 cm³/mol. The van der Waals surface area contributed by atoms with Gasteiger partial charge in [0.25, 0.3) is 23.6 Å². The lowest BCUT2D eigenvalue weighted by Gasteiger charge is -2.12. The lowest BCUT2D eigenvalue weighted by molar-refractivity contribution is -0.0947. The van der Waals surface area contributed by atoms with Gasteiger partial charge >= 0.3 is 0 Å². The third kappa shape index (κ3) is 11.3. The zero-order chi connectivity index (χ0) is 31.3. The number of imide groups is 2. The number of nitrogens with zero attached hydrogens (tertiary/aromatic N) is 2. The molecule has 232 valence electrons. The highest BCUT2D eigenvalue weighted by Crippen LogP contribution is 2.22. The van der Waals surface area contributed by atoms with Crippen LogP contribution >= 0.6 is 0 Å². The average molecular weight is 594 g/mol. The van der Waals surface area contributed by atoms with Crippen molar-refractivity contribution in [1.29, 1.82) is 0 Å². The van der Waals surface area contributed by atoms with Crippen LogP contribution in [-0.2, 0) is 23.9 Å². The number of ether oxygens (including phenoxy) is 3. The van der Waals surface area contributed by atoms with Gasteiger partial charge < -0.3 is 24.2 Å². The van der Waals surface area contributed by atoms with Crippen LogP contribution in [0.15, 0.2) is 48.5 Å². The first-order valence-corrected chi connectivity index (χ1v) is 13.0. The number of amides is 4. The molecule has 0 saturated heterocycles. The largest absolute Gasteiger partial charge is 0.396 e. The van der Waals surface area contributed by atoms with Gasteiger partial charge in [-0.2, -0.15) is 0 Å². The van der Waals surface area contributed by atoms with E-state index < -0.39 is 23.6 Å². The summed E-state index contributed by atoms with van der Waals surface area (Å²) in [5.41, 5.74) is 1.29. The SMILES string of the molecule is COCCCO.COCCCON.COCCCON1C(=O)c2ccccc2C1=O.O=C1c2ccccc2C(=O)N1O. The third-order valence-corrected chi connectivity index (χ3v) is 5.36. The predicted octanol–water partition coefficient (Wildman–Crippen LogP) is 1.85. The van der Waals surface area contributed by atoms with Gasteiger partial charge in [-0.25, -0.2) is 5.90 Å². The Kier molecular flexibility index (Phi) is 18.3. The first-order valence-electron chi connectivity index (χ1n) is 13.0. The number of benzene rings is 2. The van der Waals surface area contributed by atoms with Crippen molar-refractivity contribution in [1.82, 2.24) is 10.1 Å². The van der Waals surface area contributed by atoms with Crippen LogP contribution in [0.2, 0.25) is 0 Å². The molecule has 4 N–H and O–H groups in total. The number of rotatable bonds is 12. The van der Waals surface area contributed by atoms with Crippen LogP contribution in [0.25, 0.3) is 0 Å². The van der Waals surface area contributed by atoms with Crippen molar-refractivity contribution in [2.24, 2.45) is 5.90 Å². The number of aliphatic hydroxyl groups is 1. The molecule has 0 spiro atoms. The number of fused-ring (bicyclic) bond motifs is 2. The standard InChI is InChI=1S/C12H13NO4.C8H5NO3.C4H11NO2.C4H10O2/c1-16-7-4-8-17-13-11(14)9-5-2-3-6-10(9)12(13)15;10-7-5-3-1-2-4-6(5)8(11)9(7)12;1-6-3-2-4-7-5;1-6-4-2-3-5/h2-3,5-6H,4,7-8H2,1H3;1-4,12H;2-5H2,1H3;5H,2-4H2,1H3. The molecule has 0 aliphatic carbocycles. The quantitative estimate of drug-likeness (QED) is 0.140. The van der Waals surface area contributed by atoms with Crippen LogP contribution in [0.5, 0.6) is 0 Å². The van der Waals surface area contributed by atoms with Gasteiger partial charge in [-0.3, -0.25) is 29.2 Å². The van der Waals surface area contributed by atoms with Crippen LogP contribution in [0.4, 0.5) is 0 Å². The van der Waals surface area contributed by atoms with Crippen molar-refractivity contribution in [2.45, 2.75) is 19.3 Å². The van der Waals surface area contributed by atoms with Crippen LogP contribution < -0.4 is 5.90 Å². The fourth-order valence-corrected chi connectivity index (χ4v) is 3.32. The summed E-state index contributed by atoms with van der Waals surface area (Å²) in [6, 6.07) is 13.0. The van der Waals surface area contributed by atoms with Crippen LogP contribution in [0.3, 0.4) is 0 Å². The van der Waals surface area contributed by atoms with Gasteiger partial charge in [0.05, 0.1) is 35.5 Å². The van der Waals surface area contributed by atoms with Crippen molar-refractivity contribution >= 4 is 23.6 Å². The molecule has 2 aromatic rings. The third-order valence-electron chi connectivity index (χ3n) is 5.36. The second kappa shape index (κ2) is 21.2. The molecule has 4 amide bonds. The highest BCUT2D eigenvalue weighted by Gasteiger charge is 2.36. The van der Waals surface area contributed by atoms with E-state index in [0.717, 1.165) is 24.5 Å². The molecule has 0 unspecified atom stereocenters. The van der Waals surface area contributed by atoms with Gasteiger partial charge in [-0.05, 0) is 43.5 Å². The van der Waals surface area contributed by atoms with E-state index in [2.05, 4.69) is 9.57 Å². The molecule has 0 saturated carbocycles. The molecule has 0 fully saturated rings. The Bertz CT molecular complexity index is 1050. The summed E-state index contributed by atoms with van der Waals surface area (Å²) in [4.78, 5) is 55.2. The molecule has 14 nitrogen and oxygen atoms in total. The maximum absolute atomic E-state index is 11.8. The average Bonchev–Trinajstić information content (AvgIpc) is 3.39. The fourth-order valence-electron chi connectivity index (χ4n) is 3.32. The van der Waals surface area contributed by atoms with E-state index in [0.29, 0.717) is 37.4 Å². The maximum Gasteiger partial charge on any atom is 0.285 e. The Balaban J connectivity index is 0.000000307. The van der Waals surface area contributed by atoms with Gasteiger partial charge in [-0.15, -0.1) is 10.1 Å². The first-order chi connectivity index (χ1) is 20.3. The number of carbonyl (C=O) groups is 4. The molecule has 0 aromatic heterocycles. The van der Waals surface area contributed by atoms with E-state index in [-0.39, 0.29) is 29.4 Å². The summed E-state index contributed by atoms with van der Waals surface area (Å²) >= 11 is 0. The van der Waals surface area contributed by atoms with Crippen LogP contribution in [-0.4, -0.2) is 105 Å². The Labute approximate surface area is 244 Å². The van der Waals surface area contributed by atoms with E-state index in [1.807, 2.05) is 0 Å². The molecule has 14 heteroatoms. The fraction of sp³-hybridized carbons (Fsp3) is 0.429. The van der Waals surface area contributed by atoms with Crippen molar-refractivity contribution < 1.29 is 53.4 Å². The van der Waals surface area contributed by atoms with Gasteiger partial charge in [0, 0.05) is 47.8 Å². The van der Waals surface area contributed by atoms with Crippen LogP contribution in [0.1, 0.15) is 60.7 Å². The van der Waals surface area contributed by atoms with Crippen molar-refractivity contribution in [3.05, 3.63) is 70.8 Å². The number of hydrogen-bond acceptors (Lipinski definition) is 12. The lowest BCUT2D eigenvalue weighted by atomic mass is 10.1. The number of aliphatic hydroxyl groups excluding tert-OH is 1. The molecule has 2 heterocycles. The summed E-state index contributed by atoms with van der Waals surface area (Å²) in [6.07, 6.45) is 2.24. The molecular weight excluding hydrogens is 554 g/mol. The molecule has 42 heavy (non-hydrogen) atoms. The lowest BCUT2D eigenvalue weighted by Crippen LogP contribution is -2.30. The second-order valence-electron chi connectivity index (χ2n) is 8.38. The molecule has 4 rings (SSSR count). The molecule has 2 aliphatic rings. The number of hydrogen-bond donors (Lipinski definition) is 3. The molecule has 0 atom stereocenters. The van der Waals surface area contributed by atoms with E-state index >= 15 is 0 Å². The van der Waals surface area contributed by atoms with E-state index in [1.54, 1.807) is 57.7 Å². The molecule has 2 aliphatic heterocycles. The number of nitrogens with two attached hydrogens (primary N) is 1. The second-order valence-corrected chi connectivity index (χ2v) is 8.38. The van der Waals surface area contributed by atoms with E-state index in [9.17, 15) is 19.2 Å². The maximum atomic E-state index is 11.8. The minimum Gasteiger partial charge on any atom is -0.396 e. The van der Waals surface area contributed by atoms with Gasteiger partial charge in [-0.1, -0.05) is 24.3 Å². The monoisotopic (exact) mass is 593 g/mol. The van der Waals surface area contributed by atoms with Gasteiger partial charge in [0.15, 0.2) is 0 Å². The van der Waals surface area contributed by atoms with Crippen LogP contribution in [0, 0.1) is 0 Å². The van der Waals surface area contributed by atoms with Gasteiger partial charge in [0.1, 0.15) is 0 Å². The Morgan fingerprint density at radius 2 is 1.00 bits per heavy atom. The summed E-state index contributed by atoms with van der Waals surface area (Å²) in [6.45, 7) is 3.00. The highest BCUT2D eigenvalue weighted by atomic mass is 16.7. The van der Waals surface area contributed by atoms with E-state index in [1.165, 1.54) is 12.1 Å². The number of methoxy groups -OCH3 is 3. The Hall–Kier alpha value is -3.60. The number of hydroxylamine groups is 4. The zero-order valence-corrected chi connectivity index (χ0v) is 24.0. The smallest absolute Gasteiger partial charge is 0.285 e. The molecule has 0 bridgehead atoms. The summed E-state index contributed by atoms with van der Waals surface area (Å²) < 4.78 is 14.2. The Morgan fingerprint density at radius 3 is 1.36 bits per heavy atom. The number of carbonyl (C=O) groups excluding carboxylic acids is 4. The topological polar surface area (TPSA) is 187 Å². The first kappa shape index (κ1) is 36.4. The minimum absolute atomic E-state index is 0.130. The minimum atomic E-state index is -0.657.